The van der Waals surface area contributed by atoms with E-state index in [0.717, 1.165) is 22.7 Å². The molecule has 0 spiro atoms. The van der Waals surface area contributed by atoms with Crippen LogP contribution >= 0.6 is 0 Å². The van der Waals surface area contributed by atoms with Crippen molar-refractivity contribution in [2.75, 3.05) is 20.2 Å². The second kappa shape index (κ2) is 9.99. The number of hydrogen-bond acceptors (Lipinski definition) is 5. The number of imidazole rings is 1. The first kappa shape index (κ1) is 24.0. The van der Waals surface area contributed by atoms with Gasteiger partial charge >= 0.3 is 0 Å². The number of carbonyl (C=O) groups excluding carboxylic acids is 1. The molecule has 1 fully saturated rings. The van der Waals surface area contributed by atoms with Gasteiger partial charge in [0.1, 0.15) is 17.6 Å². The van der Waals surface area contributed by atoms with Crippen molar-refractivity contribution in [3.05, 3.63) is 77.9 Å². The van der Waals surface area contributed by atoms with E-state index in [1.54, 1.807) is 37.6 Å². The van der Waals surface area contributed by atoms with E-state index in [-0.39, 0.29) is 16.7 Å². The normalized spacial score (nSPS) is 16.2. The second-order valence-corrected chi connectivity index (χ2v) is 10.5. The van der Waals surface area contributed by atoms with E-state index in [1.807, 2.05) is 49.0 Å². The summed E-state index contributed by atoms with van der Waals surface area (Å²) in [6, 6.07) is 14.0. The van der Waals surface area contributed by atoms with E-state index < -0.39 is 16.1 Å². The van der Waals surface area contributed by atoms with Gasteiger partial charge in [0.05, 0.1) is 12.0 Å². The third-order valence-electron chi connectivity index (χ3n) is 6.34. The first-order valence-electron chi connectivity index (χ1n) is 11.3. The molecule has 1 aliphatic heterocycles. The molecule has 8 nitrogen and oxygen atoms in total. The van der Waals surface area contributed by atoms with Gasteiger partial charge in [-0.2, -0.15) is 4.31 Å². The number of hydrogen-bond donors (Lipinski definition) is 1. The van der Waals surface area contributed by atoms with Crippen LogP contribution in [0.1, 0.15) is 35.8 Å². The van der Waals surface area contributed by atoms with Crippen molar-refractivity contribution in [2.45, 2.75) is 30.7 Å². The van der Waals surface area contributed by atoms with Gasteiger partial charge < -0.3 is 14.6 Å². The van der Waals surface area contributed by atoms with E-state index in [0.29, 0.717) is 25.9 Å². The van der Waals surface area contributed by atoms with Gasteiger partial charge in [-0.15, -0.1) is 0 Å². The molecule has 1 saturated heterocycles. The van der Waals surface area contributed by atoms with Gasteiger partial charge in [-0.05, 0) is 49.6 Å². The number of ether oxygens (including phenoxy) is 1. The van der Waals surface area contributed by atoms with Crippen molar-refractivity contribution in [3.8, 4) is 5.75 Å². The van der Waals surface area contributed by atoms with Crippen molar-refractivity contribution in [2.24, 2.45) is 13.0 Å². The maximum absolute atomic E-state index is 13.2. The Morgan fingerprint density at radius 3 is 2.29 bits per heavy atom. The largest absolute Gasteiger partial charge is 0.497 e. The summed E-state index contributed by atoms with van der Waals surface area (Å²) in [7, 11) is -0.0674. The van der Waals surface area contributed by atoms with E-state index in [2.05, 4.69) is 10.3 Å². The smallest absolute Gasteiger partial charge is 0.243 e. The predicted molar refractivity (Wildman–Crippen MR) is 129 cm³/mol. The third kappa shape index (κ3) is 5.00. The second-order valence-electron chi connectivity index (χ2n) is 8.60. The number of rotatable bonds is 7. The maximum Gasteiger partial charge on any atom is 0.243 e. The Hall–Kier alpha value is -3.17. The van der Waals surface area contributed by atoms with Crippen LogP contribution in [0.3, 0.4) is 0 Å². The number of carbonyl (C=O) groups is 1. The molecule has 1 N–H and O–H groups in total. The molecule has 9 heteroatoms. The van der Waals surface area contributed by atoms with E-state index in [1.165, 1.54) is 4.31 Å². The van der Waals surface area contributed by atoms with E-state index in [9.17, 15) is 13.2 Å². The minimum Gasteiger partial charge on any atom is -0.497 e. The van der Waals surface area contributed by atoms with Crippen LogP contribution in [0.4, 0.5) is 0 Å². The van der Waals surface area contributed by atoms with Crippen molar-refractivity contribution in [1.82, 2.24) is 19.2 Å². The number of aromatic nitrogens is 2. The number of nitrogens with one attached hydrogen (secondary N) is 1. The lowest BCUT2D eigenvalue weighted by atomic mass is 9.96. The summed E-state index contributed by atoms with van der Waals surface area (Å²) in [5, 5.41) is 3.14. The molecule has 1 aromatic heterocycles. The van der Waals surface area contributed by atoms with Crippen LogP contribution in [0.15, 0.2) is 65.8 Å². The maximum atomic E-state index is 13.2. The van der Waals surface area contributed by atoms with Crippen molar-refractivity contribution < 1.29 is 17.9 Å². The SMILES string of the molecule is COc1ccc([C@H](NC(=O)C2CCN(S(=O)(=O)c3ccc(C)cc3)CC2)c2nccn2C)cc1. The molecule has 0 aliphatic carbocycles. The van der Waals surface area contributed by atoms with Crippen molar-refractivity contribution in [1.29, 1.82) is 0 Å². The fraction of sp³-hybridized carbons (Fsp3) is 0.360. The van der Waals surface area contributed by atoms with Gasteiger partial charge in [0.15, 0.2) is 0 Å². The van der Waals surface area contributed by atoms with Crippen LogP contribution in [0.25, 0.3) is 0 Å². The average Bonchev–Trinajstić information content (AvgIpc) is 3.28. The summed E-state index contributed by atoms with van der Waals surface area (Å²) >= 11 is 0. The molecular weight excluding hydrogens is 452 g/mol. The number of benzene rings is 2. The molecule has 1 atom stereocenters. The van der Waals surface area contributed by atoms with Gasteiger partial charge in [-0.1, -0.05) is 29.8 Å². The quantitative estimate of drug-likeness (QED) is 0.559. The average molecular weight is 483 g/mol. The first-order chi connectivity index (χ1) is 16.3. The Kier molecular flexibility index (Phi) is 7.04. The van der Waals surface area contributed by atoms with Crippen LogP contribution in [0, 0.1) is 12.8 Å². The lowest BCUT2D eigenvalue weighted by molar-refractivity contribution is -0.126. The van der Waals surface area contributed by atoms with E-state index in [4.69, 9.17) is 4.74 Å². The molecule has 2 heterocycles. The molecule has 1 amide bonds. The lowest BCUT2D eigenvalue weighted by Gasteiger charge is -2.31. The molecule has 0 radical (unpaired) electrons. The molecule has 1 aliphatic rings. The molecule has 2 aromatic carbocycles. The van der Waals surface area contributed by atoms with Crippen molar-refractivity contribution >= 4 is 15.9 Å². The fourth-order valence-corrected chi connectivity index (χ4v) is 5.70. The summed E-state index contributed by atoms with van der Waals surface area (Å²) in [5.74, 6) is 1.08. The highest BCUT2D eigenvalue weighted by atomic mass is 32.2. The van der Waals surface area contributed by atoms with Crippen LogP contribution in [-0.4, -0.2) is 48.4 Å². The Labute approximate surface area is 200 Å². The highest BCUT2D eigenvalue weighted by Crippen LogP contribution is 2.27. The first-order valence-corrected chi connectivity index (χ1v) is 12.7. The zero-order valence-corrected chi connectivity index (χ0v) is 20.5. The molecule has 34 heavy (non-hydrogen) atoms. The zero-order valence-electron chi connectivity index (χ0n) is 19.6. The summed E-state index contributed by atoms with van der Waals surface area (Å²) in [6.07, 6.45) is 4.47. The summed E-state index contributed by atoms with van der Waals surface area (Å²) < 4.78 is 34.6. The Balaban J connectivity index is 1.46. The van der Waals surface area contributed by atoms with Crippen LogP contribution in [-0.2, 0) is 21.9 Å². The zero-order chi connectivity index (χ0) is 24.3. The molecule has 0 bridgehead atoms. The molecule has 180 valence electrons. The topological polar surface area (TPSA) is 93.5 Å². The fourth-order valence-electron chi connectivity index (χ4n) is 4.23. The molecule has 0 saturated carbocycles. The van der Waals surface area contributed by atoms with Gasteiger partial charge in [0.2, 0.25) is 15.9 Å². The number of nitrogens with zero attached hydrogens (tertiary/aromatic N) is 3. The standard InChI is InChI=1S/C25H30N4O4S/c1-18-4-10-22(11-5-18)34(31,32)29-15-12-20(13-16-29)25(30)27-23(24-26-14-17-28(24)2)19-6-8-21(33-3)9-7-19/h4-11,14,17,20,23H,12-13,15-16H2,1-3H3,(H,27,30)/t23-/m0/s1. The van der Waals surface area contributed by atoms with Gasteiger partial charge in [-0.25, -0.2) is 13.4 Å². The van der Waals surface area contributed by atoms with Gasteiger partial charge in [0.25, 0.3) is 0 Å². The highest BCUT2D eigenvalue weighted by Gasteiger charge is 2.33. The number of methoxy groups -OCH3 is 1. The molecular formula is C25H30N4O4S. The highest BCUT2D eigenvalue weighted by molar-refractivity contribution is 7.89. The molecule has 0 unspecified atom stereocenters. The summed E-state index contributed by atoms with van der Waals surface area (Å²) in [4.78, 5) is 18.0. The van der Waals surface area contributed by atoms with Crippen LogP contribution in [0.2, 0.25) is 0 Å². The number of sulfonamides is 1. The lowest BCUT2D eigenvalue weighted by Crippen LogP contribution is -2.44. The minimum atomic E-state index is -3.57. The summed E-state index contributed by atoms with van der Waals surface area (Å²) in [6.45, 7) is 2.54. The van der Waals surface area contributed by atoms with Crippen LogP contribution < -0.4 is 10.1 Å². The Morgan fingerprint density at radius 2 is 1.74 bits per heavy atom. The van der Waals surface area contributed by atoms with Gasteiger partial charge in [-0.3, -0.25) is 4.79 Å². The minimum absolute atomic E-state index is 0.101. The Bertz CT molecular complexity index is 1230. The number of aryl methyl sites for hydroxylation is 2. The molecule has 3 aromatic rings. The third-order valence-corrected chi connectivity index (χ3v) is 8.25. The van der Waals surface area contributed by atoms with E-state index >= 15 is 0 Å². The monoisotopic (exact) mass is 482 g/mol. The van der Waals surface area contributed by atoms with Crippen molar-refractivity contribution in [3.63, 3.8) is 0 Å². The number of amides is 1. The number of piperidine rings is 1. The van der Waals surface area contributed by atoms with Gasteiger partial charge in [0, 0.05) is 38.4 Å². The molecule has 4 rings (SSSR count). The van der Waals surface area contributed by atoms with Crippen LogP contribution in [0.5, 0.6) is 5.75 Å². The summed E-state index contributed by atoms with van der Waals surface area (Å²) in [5.41, 5.74) is 1.90. The predicted octanol–water partition coefficient (Wildman–Crippen LogP) is 3.04. The Morgan fingerprint density at radius 1 is 1.09 bits per heavy atom.